The molecule has 4 rings (SSSR count). The number of amides is 2. The lowest BCUT2D eigenvalue weighted by Gasteiger charge is -2.37. The highest BCUT2D eigenvalue weighted by Gasteiger charge is 2.35. The quantitative estimate of drug-likeness (QED) is 0.651. The Labute approximate surface area is 211 Å². The number of halogens is 1. The largest absolute Gasteiger partial charge is 0.472 e. The molecule has 3 atom stereocenters. The average Bonchev–Trinajstić information content (AvgIpc) is 2.90. The van der Waals surface area contributed by atoms with Crippen LogP contribution in [0.25, 0.3) is 5.57 Å². The summed E-state index contributed by atoms with van der Waals surface area (Å²) < 4.78 is 20.0. The number of carbonyl (C=O) groups is 2. The molecular weight excluding hydrogens is 461 g/mol. The number of aliphatic hydroxyl groups is 1. The summed E-state index contributed by atoms with van der Waals surface area (Å²) in [7, 11) is 1.65. The van der Waals surface area contributed by atoms with E-state index < -0.39 is 18.0 Å². The van der Waals surface area contributed by atoms with Crippen LogP contribution in [0.3, 0.4) is 0 Å². The van der Waals surface area contributed by atoms with Crippen LogP contribution in [0, 0.1) is 11.7 Å². The van der Waals surface area contributed by atoms with Crippen molar-refractivity contribution >= 4 is 17.4 Å². The Morgan fingerprint density at radius 1 is 1.33 bits per heavy atom. The Morgan fingerprint density at radius 3 is 2.83 bits per heavy atom. The molecule has 1 aromatic carbocycles. The summed E-state index contributed by atoms with van der Waals surface area (Å²) in [5.74, 6) is -0.970. The minimum absolute atomic E-state index is 0.165. The number of hydrogen-bond acceptors (Lipinski definition) is 5. The van der Waals surface area contributed by atoms with Crippen LogP contribution in [0.15, 0.2) is 42.6 Å². The molecule has 1 N–H and O–H groups in total. The zero-order chi connectivity index (χ0) is 25.8. The second-order valence-electron chi connectivity index (χ2n) is 9.87. The van der Waals surface area contributed by atoms with Crippen molar-refractivity contribution in [2.45, 2.75) is 51.7 Å². The molecule has 36 heavy (non-hydrogen) atoms. The third kappa shape index (κ3) is 5.59. The topological polar surface area (TPSA) is 83.0 Å². The van der Waals surface area contributed by atoms with Gasteiger partial charge in [0.05, 0.1) is 19.2 Å². The van der Waals surface area contributed by atoms with Crippen molar-refractivity contribution in [3.63, 3.8) is 0 Å². The minimum atomic E-state index is -0.473. The van der Waals surface area contributed by atoms with Gasteiger partial charge < -0.3 is 19.6 Å². The molecule has 0 spiro atoms. The average molecular weight is 496 g/mol. The molecule has 8 heteroatoms. The molecular formula is C28H34FN3O4. The van der Waals surface area contributed by atoms with Gasteiger partial charge in [-0.05, 0) is 68.0 Å². The highest BCUT2D eigenvalue weighted by molar-refractivity contribution is 5.97. The van der Waals surface area contributed by atoms with Gasteiger partial charge in [-0.1, -0.05) is 19.1 Å². The number of rotatable bonds is 6. The molecule has 0 saturated heterocycles. The molecule has 2 aromatic rings. The maximum Gasteiger partial charge on any atom is 0.259 e. The smallest absolute Gasteiger partial charge is 0.259 e. The summed E-state index contributed by atoms with van der Waals surface area (Å²) in [5.41, 5.74) is 2.70. The zero-order valence-corrected chi connectivity index (χ0v) is 21.1. The number of aromatic nitrogens is 1. The van der Waals surface area contributed by atoms with Gasteiger partial charge in [-0.2, -0.15) is 0 Å². The van der Waals surface area contributed by atoms with Crippen molar-refractivity contribution in [3.05, 3.63) is 65.1 Å². The number of nitrogens with zero attached hydrogens (tertiary/aromatic N) is 3. The van der Waals surface area contributed by atoms with Crippen LogP contribution in [0.5, 0.6) is 5.88 Å². The summed E-state index contributed by atoms with van der Waals surface area (Å²) in [6, 6.07) is 7.04. The Hall–Kier alpha value is -3.26. The van der Waals surface area contributed by atoms with E-state index in [0.717, 1.165) is 31.2 Å². The van der Waals surface area contributed by atoms with E-state index in [1.54, 1.807) is 24.2 Å². The molecule has 0 saturated carbocycles. The van der Waals surface area contributed by atoms with Crippen molar-refractivity contribution in [1.29, 1.82) is 0 Å². The Bertz CT molecular complexity index is 1150. The Kier molecular flexibility index (Phi) is 8.04. The van der Waals surface area contributed by atoms with Crippen molar-refractivity contribution in [2.24, 2.45) is 5.92 Å². The standard InChI is InChI=1S/C28H34FN3O4/c1-18-15-32(19(2)17-33)28(35)24-13-22(20-8-5-4-6-9-20)14-30-26(24)36-25(18)16-31(3)27(34)21-10-7-11-23(29)12-21/h7-8,10-14,18-19,25,33H,4-6,9,15-17H2,1-3H3/t18-,19-,25-/m1/s1. The number of pyridine rings is 1. The molecule has 2 heterocycles. The summed E-state index contributed by atoms with van der Waals surface area (Å²) in [5, 5.41) is 9.86. The minimum Gasteiger partial charge on any atom is -0.472 e. The van der Waals surface area contributed by atoms with Gasteiger partial charge in [0.25, 0.3) is 11.8 Å². The van der Waals surface area contributed by atoms with Crippen LogP contribution in [0.2, 0.25) is 0 Å². The van der Waals surface area contributed by atoms with E-state index in [-0.39, 0.29) is 42.3 Å². The van der Waals surface area contributed by atoms with E-state index in [4.69, 9.17) is 4.74 Å². The third-order valence-electron chi connectivity index (χ3n) is 7.05. The number of allylic oxidation sites excluding steroid dienone is 2. The lowest BCUT2D eigenvalue weighted by atomic mass is 9.93. The number of ether oxygens (including phenoxy) is 1. The monoisotopic (exact) mass is 495 g/mol. The maximum absolute atomic E-state index is 13.7. The number of hydrogen-bond donors (Lipinski definition) is 1. The highest BCUT2D eigenvalue weighted by atomic mass is 19.1. The van der Waals surface area contributed by atoms with Gasteiger partial charge in [0, 0.05) is 31.3 Å². The molecule has 1 aliphatic heterocycles. The SMILES string of the molecule is C[C@@H]1CN([C@H](C)CO)C(=O)c2cc(C3=CCCCC3)cnc2O[C@@H]1CN(C)C(=O)c1cccc(F)c1. The van der Waals surface area contributed by atoms with E-state index in [9.17, 15) is 19.1 Å². The van der Waals surface area contributed by atoms with E-state index >= 15 is 0 Å². The normalized spacial score (nSPS) is 21.0. The first kappa shape index (κ1) is 25.8. The second-order valence-corrected chi connectivity index (χ2v) is 9.87. The van der Waals surface area contributed by atoms with Crippen molar-refractivity contribution in [2.75, 3.05) is 26.7 Å². The molecule has 2 aliphatic rings. The second kappa shape index (κ2) is 11.2. The van der Waals surface area contributed by atoms with Crippen LogP contribution in [0.4, 0.5) is 4.39 Å². The molecule has 1 aromatic heterocycles. The molecule has 2 amide bonds. The summed E-state index contributed by atoms with van der Waals surface area (Å²) in [6.07, 6.45) is 7.69. The molecule has 0 radical (unpaired) electrons. The van der Waals surface area contributed by atoms with Crippen molar-refractivity contribution in [3.8, 4) is 5.88 Å². The predicted octanol–water partition coefficient (Wildman–Crippen LogP) is 4.17. The van der Waals surface area contributed by atoms with E-state index in [0.29, 0.717) is 12.1 Å². The molecule has 1 aliphatic carbocycles. The first-order valence-electron chi connectivity index (χ1n) is 12.6. The highest BCUT2D eigenvalue weighted by Crippen LogP contribution is 2.32. The summed E-state index contributed by atoms with van der Waals surface area (Å²) in [4.78, 5) is 34.3. The molecule has 0 unspecified atom stereocenters. The first-order chi connectivity index (χ1) is 17.3. The fourth-order valence-electron chi connectivity index (χ4n) is 4.79. The van der Waals surface area contributed by atoms with Gasteiger partial charge in [-0.15, -0.1) is 0 Å². The number of carbonyl (C=O) groups excluding carboxylic acids is 2. The number of fused-ring (bicyclic) bond motifs is 1. The zero-order valence-electron chi connectivity index (χ0n) is 21.1. The van der Waals surface area contributed by atoms with Crippen LogP contribution in [-0.4, -0.2) is 70.6 Å². The van der Waals surface area contributed by atoms with Gasteiger partial charge in [0.1, 0.15) is 17.5 Å². The number of benzene rings is 1. The lowest BCUT2D eigenvalue weighted by Crippen LogP contribution is -2.50. The first-order valence-corrected chi connectivity index (χ1v) is 12.6. The predicted molar refractivity (Wildman–Crippen MR) is 135 cm³/mol. The van der Waals surface area contributed by atoms with Gasteiger partial charge in [-0.3, -0.25) is 9.59 Å². The fraction of sp³-hybridized carbons (Fsp3) is 0.464. The van der Waals surface area contributed by atoms with Crippen LogP contribution < -0.4 is 4.74 Å². The fourth-order valence-corrected chi connectivity index (χ4v) is 4.79. The molecule has 192 valence electrons. The maximum atomic E-state index is 13.7. The van der Waals surface area contributed by atoms with Crippen LogP contribution >= 0.6 is 0 Å². The van der Waals surface area contributed by atoms with E-state index in [1.807, 2.05) is 19.9 Å². The van der Waals surface area contributed by atoms with Crippen molar-refractivity contribution in [1.82, 2.24) is 14.8 Å². The van der Waals surface area contributed by atoms with Gasteiger partial charge in [-0.25, -0.2) is 9.37 Å². The van der Waals surface area contributed by atoms with Crippen LogP contribution in [-0.2, 0) is 0 Å². The van der Waals surface area contributed by atoms with E-state index in [1.165, 1.54) is 28.7 Å². The third-order valence-corrected chi connectivity index (χ3v) is 7.05. The van der Waals surface area contributed by atoms with Crippen molar-refractivity contribution < 1.29 is 23.8 Å². The van der Waals surface area contributed by atoms with Gasteiger partial charge in [0.2, 0.25) is 5.88 Å². The Morgan fingerprint density at radius 2 is 2.14 bits per heavy atom. The van der Waals surface area contributed by atoms with Crippen LogP contribution in [0.1, 0.15) is 65.8 Å². The van der Waals surface area contributed by atoms with Gasteiger partial charge in [0.15, 0.2) is 0 Å². The number of aliphatic hydroxyl groups excluding tert-OH is 1. The molecule has 7 nitrogen and oxygen atoms in total. The Balaban J connectivity index is 1.65. The van der Waals surface area contributed by atoms with Gasteiger partial charge >= 0.3 is 0 Å². The summed E-state index contributed by atoms with van der Waals surface area (Å²) >= 11 is 0. The van der Waals surface area contributed by atoms with E-state index in [2.05, 4.69) is 11.1 Å². The number of likely N-dealkylation sites (N-methyl/N-ethyl adjacent to an activating group) is 1. The summed E-state index contributed by atoms with van der Waals surface area (Å²) in [6.45, 7) is 4.15. The molecule has 0 fully saturated rings. The molecule has 0 bridgehead atoms. The lowest BCUT2D eigenvalue weighted by molar-refractivity contribution is 0.0313.